The molecule has 1 amide bonds. The largest absolute Gasteiger partial charge is 0.505 e. The fourth-order valence-electron chi connectivity index (χ4n) is 4.92. The molecular weight excluding hydrogens is 620 g/mol. The Morgan fingerprint density at radius 3 is 2.65 bits per heavy atom. The molecule has 1 aliphatic rings. The van der Waals surface area contributed by atoms with Crippen LogP contribution in [-0.4, -0.2) is 43.4 Å². The van der Waals surface area contributed by atoms with Gasteiger partial charge in [0.15, 0.2) is 22.4 Å². The summed E-state index contributed by atoms with van der Waals surface area (Å²) in [6.45, 7) is 3.67. The van der Waals surface area contributed by atoms with E-state index in [0.29, 0.717) is 27.4 Å². The van der Waals surface area contributed by atoms with Gasteiger partial charge < -0.3 is 19.4 Å². The lowest BCUT2D eigenvalue weighted by Gasteiger charge is -2.23. The molecule has 5 aromatic rings. The molecule has 0 radical (unpaired) electrons. The number of fused-ring (bicyclic) bond motifs is 2. The molecule has 0 saturated carbocycles. The minimum atomic E-state index is -1.10. The quantitative estimate of drug-likeness (QED) is 0.134. The van der Waals surface area contributed by atoms with Gasteiger partial charge in [-0.1, -0.05) is 29.0 Å². The number of thiazole rings is 1. The summed E-state index contributed by atoms with van der Waals surface area (Å²) >= 11 is 10.7. The van der Waals surface area contributed by atoms with Crippen LogP contribution in [0.1, 0.15) is 28.6 Å². The Morgan fingerprint density at radius 1 is 1.15 bits per heavy atom. The summed E-state index contributed by atoms with van der Waals surface area (Å²) in [6.07, 6.45) is 1.81. The van der Waals surface area contributed by atoms with Crippen molar-refractivity contribution in [3.05, 3.63) is 86.2 Å². The van der Waals surface area contributed by atoms with E-state index >= 15 is 0 Å². The predicted octanol–water partition coefficient (Wildman–Crippen LogP) is 6.32. The average Bonchev–Trinajstić information content (AvgIpc) is 3.57. The number of halogens is 2. The van der Waals surface area contributed by atoms with E-state index in [-0.39, 0.29) is 32.4 Å². The summed E-state index contributed by atoms with van der Waals surface area (Å²) in [5.41, 5.74) is 3.11. The molecule has 1 atom stereocenters. The van der Waals surface area contributed by atoms with Crippen molar-refractivity contribution < 1.29 is 24.5 Å². The van der Waals surface area contributed by atoms with Gasteiger partial charge in [0.2, 0.25) is 0 Å². The van der Waals surface area contributed by atoms with Crippen molar-refractivity contribution in [1.82, 2.24) is 14.4 Å². The van der Waals surface area contributed by atoms with Crippen LogP contribution in [0.2, 0.25) is 5.02 Å². The third kappa shape index (κ3) is 3.95. The molecule has 6 rings (SSSR count). The van der Waals surface area contributed by atoms with E-state index in [2.05, 4.69) is 25.9 Å². The average molecular weight is 640 g/mol. The first-order valence-electron chi connectivity index (χ1n) is 12.0. The molecule has 0 bridgehead atoms. The van der Waals surface area contributed by atoms with Crippen LogP contribution >= 0.6 is 38.9 Å². The van der Waals surface area contributed by atoms with Crippen molar-refractivity contribution in [1.29, 1.82) is 0 Å². The summed E-state index contributed by atoms with van der Waals surface area (Å²) in [5.74, 6) is -2.21. The molecule has 4 heterocycles. The molecule has 1 saturated heterocycles. The van der Waals surface area contributed by atoms with Gasteiger partial charge in [0.25, 0.3) is 5.78 Å². The zero-order valence-corrected chi connectivity index (χ0v) is 24.4. The standard InChI is InChI=1S/C28H20BrClN4O5S/c1-12-5-4-8-33-13(2)21(32-26(12)33)24(36)20-22(14-9-16(29)23(35)18(10-14)39-3)34(27(38)25(20)37)28-31-17-7-6-15(30)11-19(17)40-28/h4-11,22,35-36H,1-3H3. The predicted molar refractivity (Wildman–Crippen MR) is 156 cm³/mol. The van der Waals surface area contributed by atoms with Gasteiger partial charge in [-0.05, 0) is 77.3 Å². The maximum absolute atomic E-state index is 13.7. The number of phenols is 1. The number of aromatic nitrogens is 3. The Bertz CT molecular complexity index is 1930. The maximum atomic E-state index is 13.7. The third-order valence-corrected chi connectivity index (χ3v) is 8.74. The molecular formula is C28H20BrClN4O5S. The highest BCUT2D eigenvalue weighted by molar-refractivity contribution is 9.10. The summed E-state index contributed by atoms with van der Waals surface area (Å²) in [5, 5.41) is 22.9. The number of carbonyl (C=O) groups excluding carboxylic acids is 2. The molecule has 0 aliphatic carbocycles. The number of methoxy groups -OCH3 is 1. The molecule has 40 heavy (non-hydrogen) atoms. The number of ether oxygens (including phenoxy) is 1. The topological polar surface area (TPSA) is 117 Å². The van der Waals surface area contributed by atoms with E-state index in [1.807, 2.05) is 29.7 Å². The number of anilines is 1. The fourth-order valence-corrected chi connectivity index (χ4v) is 6.64. The highest BCUT2D eigenvalue weighted by atomic mass is 79.9. The first kappa shape index (κ1) is 26.3. The van der Waals surface area contributed by atoms with Gasteiger partial charge in [-0.15, -0.1) is 0 Å². The second-order valence-corrected chi connectivity index (χ2v) is 11.6. The number of hydrogen-bond donors (Lipinski definition) is 2. The molecule has 1 aliphatic heterocycles. The van der Waals surface area contributed by atoms with E-state index in [0.717, 1.165) is 10.3 Å². The van der Waals surface area contributed by atoms with E-state index in [1.54, 1.807) is 31.2 Å². The number of amides is 1. The summed E-state index contributed by atoms with van der Waals surface area (Å²) in [7, 11) is 1.39. The fraction of sp³-hybridized carbons (Fsp3) is 0.143. The Kier molecular flexibility index (Phi) is 6.32. The number of carbonyl (C=O) groups is 2. The van der Waals surface area contributed by atoms with Crippen LogP contribution in [0.3, 0.4) is 0 Å². The monoisotopic (exact) mass is 638 g/mol. The van der Waals surface area contributed by atoms with Crippen LogP contribution in [0.5, 0.6) is 11.5 Å². The number of pyridine rings is 1. The van der Waals surface area contributed by atoms with Crippen LogP contribution in [0.25, 0.3) is 21.6 Å². The smallest absolute Gasteiger partial charge is 0.301 e. The number of benzene rings is 2. The van der Waals surface area contributed by atoms with Crippen LogP contribution in [-0.2, 0) is 9.59 Å². The number of ketones is 1. The van der Waals surface area contributed by atoms with Crippen LogP contribution in [0.15, 0.2) is 58.7 Å². The summed E-state index contributed by atoms with van der Waals surface area (Å²) < 4.78 is 8.16. The van der Waals surface area contributed by atoms with Crippen molar-refractivity contribution in [2.75, 3.05) is 12.0 Å². The third-order valence-electron chi connectivity index (χ3n) is 6.88. The van der Waals surface area contributed by atoms with Gasteiger partial charge in [0.1, 0.15) is 11.3 Å². The number of aryl methyl sites for hydroxylation is 2. The summed E-state index contributed by atoms with van der Waals surface area (Å²) in [6, 6.07) is 10.9. The minimum Gasteiger partial charge on any atom is -0.505 e. The number of aliphatic hydroxyl groups is 1. The number of hydrogen-bond acceptors (Lipinski definition) is 8. The van der Waals surface area contributed by atoms with Gasteiger partial charge in [-0.3, -0.25) is 14.5 Å². The number of imidazole rings is 1. The Balaban J connectivity index is 1.63. The number of phenolic OH excluding ortho intramolecular Hbond substituents is 1. The van der Waals surface area contributed by atoms with Crippen molar-refractivity contribution in [2.24, 2.45) is 0 Å². The van der Waals surface area contributed by atoms with Gasteiger partial charge >= 0.3 is 5.91 Å². The van der Waals surface area contributed by atoms with Crippen LogP contribution in [0.4, 0.5) is 5.13 Å². The lowest BCUT2D eigenvalue weighted by molar-refractivity contribution is -0.132. The number of aromatic hydroxyl groups is 1. The molecule has 202 valence electrons. The van der Waals surface area contributed by atoms with Gasteiger partial charge in [0.05, 0.1) is 39.1 Å². The Labute approximate surface area is 245 Å². The molecule has 1 unspecified atom stereocenters. The van der Waals surface area contributed by atoms with Crippen LogP contribution in [0, 0.1) is 13.8 Å². The van der Waals surface area contributed by atoms with Gasteiger partial charge in [-0.25, -0.2) is 9.97 Å². The zero-order chi connectivity index (χ0) is 28.5. The molecule has 2 N–H and O–H groups in total. The highest BCUT2D eigenvalue weighted by Gasteiger charge is 2.49. The number of Topliss-reactive ketones (excluding diaryl/α,β-unsaturated/α-hetero) is 1. The highest BCUT2D eigenvalue weighted by Crippen LogP contribution is 2.47. The Hall–Kier alpha value is -3.93. The van der Waals surface area contributed by atoms with Crippen LogP contribution < -0.4 is 9.64 Å². The second-order valence-electron chi connectivity index (χ2n) is 9.26. The maximum Gasteiger partial charge on any atom is 0.301 e. The van der Waals surface area contributed by atoms with Crippen molar-refractivity contribution >= 4 is 77.3 Å². The minimum absolute atomic E-state index is 0.116. The Morgan fingerprint density at radius 2 is 1.93 bits per heavy atom. The molecule has 3 aromatic heterocycles. The summed E-state index contributed by atoms with van der Waals surface area (Å²) in [4.78, 5) is 37.8. The van der Waals surface area contributed by atoms with Crippen molar-refractivity contribution in [2.45, 2.75) is 19.9 Å². The normalized spacial score (nSPS) is 16.9. The van der Waals surface area contributed by atoms with Crippen molar-refractivity contribution in [3.8, 4) is 11.5 Å². The molecule has 9 nitrogen and oxygen atoms in total. The first-order chi connectivity index (χ1) is 19.1. The number of rotatable bonds is 4. The molecule has 12 heteroatoms. The van der Waals surface area contributed by atoms with Crippen molar-refractivity contribution in [3.63, 3.8) is 0 Å². The van der Waals surface area contributed by atoms with E-state index < -0.39 is 23.5 Å². The molecule has 1 fully saturated rings. The van der Waals surface area contributed by atoms with E-state index in [1.165, 1.54) is 29.4 Å². The first-order valence-corrected chi connectivity index (χ1v) is 14.0. The lowest BCUT2D eigenvalue weighted by Crippen LogP contribution is -2.29. The molecule has 0 spiro atoms. The van der Waals surface area contributed by atoms with Gasteiger partial charge in [0, 0.05) is 11.2 Å². The number of nitrogens with zero attached hydrogens (tertiary/aromatic N) is 4. The van der Waals surface area contributed by atoms with Gasteiger partial charge in [-0.2, -0.15) is 0 Å². The second kappa shape index (κ2) is 9.61. The van der Waals surface area contributed by atoms with E-state index in [4.69, 9.17) is 16.3 Å². The number of aliphatic hydroxyl groups excluding tert-OH is 1. The zero-order valence-electron chi connectivity index (χ0n) is 21.3. The SMILES string of the molecule is COc1cc(C2C(=C(O)c3nc4c(C)cccn4c3C)C(=O)C(=O)N2c2nc3ccc(Cl)cc3s2)cc(Br)c1O. The molecule has 2 aromatic carbocycles. The van der Waals surface area contributed by atoms with E-state index in [9.17, 15) is 19.8 Å². The lowest BCUT2D eigenvalue weighted by atomic mass is 9.96.